The monoisotopic (exact) mass is 323 g/mol. The zero-order valence-corrected chi connectivity index (χ0v) is 13.7. The molecule has 2 nitrogen and oxygen atoms in total. The molecule has 0 heterocycles. The summed E-state index contributed by atoms with van der Waals surface area (Å²) in [6, 6.07) is 13.8. The van der Waals surface area contributed by atoms with Gasteiger partial charge >= 0.3 is 0 Å². The van der Waals surface area contributed by atoms with E-state index in [1.165, 1.54) is 5.56 Å². The van der Waals surface area contributed by atoms with Crippen molar-refractivity contribution in [1.29, 1.82) is 0 Å². The third-order valence-corrected chi connectivity index (χ3v) is 3.97. The average Bonchev–Trinajstić information content (AvgIpc) is 2.48. The first-order chi connectivity index (χ1) is 10.1. The van der Waals surface area contributed by atoms with E-state index in [2.05, 4.69) is 24.4 Å². The van der Waals surface area contributed by atoms with Gasteiger partial charge in [-0.15, -0.1) is 0 Å². The second-order valence-electron chi connectivity index (χ2n) is 4.93. The van der Waals surface area contributed by atoms with Gasteiger partial charge in [0.25, 0.3) is 0 Å². The van der Waals surface area contributed by atoms with E-state index in [9.17, 15) is 0 Å². The standard InChI is InChI=1S/C17H19Cl2NO/c1-12(15-11-14(18)7-8-16(15)19)20-17-6-4-3-5-13(17)9-10-21-2/h3-8,11-12,20H,9-10H2,1-2H3. The molecule has 0 amide bonds. The summed E-state index contributed by atoms with van der Waals surface area (Å²) in [5.41, 5.74) is 3.31. The smallest absolute Gasteiger partial charge is 0.0503 e. The summed E-state index contributed by atoms with van der Waals surface area (Å²) in [7, 11) is 1.71. The van der Waals surface area contributed by atoms with Gasteiger partial charge < -0.3 is 10.1 Å². The number of anilines is 1. The molecule has 2 rings (SSSR count). The number of nitrogens with one attached hydrogen (secondary N) is 1. The van der Waals surface area contributed by atoms with Crippen LogP contribution in [0.2, 0.25) is 10.0 Å². The molecule has 0 spiro atoms. The lowest BCUT2D eigenvalue weighted by atomic mass is 10.1. The van der Waals surface area contributed by atoms with Crippen molar-refractivity contribution in [1.82, 2.24) is 0 Å². The summed E-state index contributed by atoms with van der Waals surface area (Å²) in [5, 5.41) is 4.91. The van der Waals surface area contributed by atoms with E-state index in [4.69, 9.17) is 27.9 Å². The predicted molar refractivity (Wildman–Crippen MR) is 90.5 cm³/mol. The van der Waals surface area contributed by atoms with Gasteiger partial charge in [0.2, 0.25) is 0 Å². The van der Waals surface area contributed by atoms with Gasteiger partial charge in [0.15, 0.2) is 0 Å². The third kappa shape index (κ3) is 4.37. The van der Waals surface area contributed by atoms with Crippen molar-refractivity contribution in [3.8, 4) is 0 Å². The van der Waals surface area contributed by atoms with Crippen LogP contribution in [0.25, 0.3) is 0 Å². The van der Waals surface area contributed by atoms with Crippen LogP contribution in [-0.4, -0.2) is 13.7 Å². The molecule has 1 atom stereocenters. The van der Waals surface area contributed by atoms with Gasteiger partial charge in [0.05, 0.1) is 12.6 Å². The number of hydrogen-bond acceptors (Lipinski definition) is 2. The van der Waals surface area contributed by atoms with Gasteiger partial charge in [-0.05, 0) is 48.7 Å². The summed E-state index contributed by atoms with van der Waals surface area (Å²) >= 11 is 12.3. The predicted octanol–water partition coefficient (Wildman–Crippen LogP) is 5.36. The van der Waals surface area contributed by atoms with Crippen LogP contribution in [0, 0.1) is 0 Å². The molecule has 1 N–H and O–H groups in total. The number of hydrogen-bond donors (Lipinski definition) is 1. The molecule has 0 fully saturated rings. The van der Waals surface area contributed by atoms with Gasteiger partial charge in [0, 0.05) is 22.8 Å². The molecule has 21 heavy (non-hydrogen) atoms. The molecule has 0 aliphatic rings. The molecule has 2 aromatic carbocycles. The van der Waals surface area contributed by atoms with Crippen LogP contribution in [0.4, 0.5) is 5.69 Å². The Hall–Kier alpha value is -1.22. The van der Waals surface area contributed by atoms with Gasteiger partial charge in [-0.3, -0.25) is 0 Å². The zero-order valence-electron chi connectivity index (χ0n) is 12.2. The van der Waals surface area contributed by atoms with Crippen LogP contribution in [-0.2, 0) is 11.2 Å². The molecule has 112 valence electrons. The Kier molecular flexibility index (Phi) is 5.92. The van der Waals surface area contributed by atoms with Gasteiger partial charge in [-0.25, -0.2) is 0 Å². The molecule has 0 radical (unpaired) electrons. The minimum absolute atomic E-state index is 0.0693. The number of rotatable bonds is 6. The van der Waals surface area contributed by atoms with E-state index in [0.29, 0.717) is 16.7 Å². The fraction of sp³-hybridized carbons (Fsp3) is 0.294. The SMILES string of the molecule is COCCc1ccccc1NC(C)c1cc(Cl)ccc1Cl. The molecule has 0 saturated carbocycles. The van der Waals surface area contributed by atoms with Gasteiger partial charge in [0.1, 0.15) is 0 Å². The summed E-state index contributed by atoms with van der Waals surface area (Å²) in [5.74, 6) is 0. The second-order valence-corrected chi connectivity index (χ2v) is 5.78. The number of benzene rings is 2. The molecule has 1 unspecified atom stereocenters. The van der Waals surface area contributed by atoms with Crippen molar-refractivity contribution in [2.75, 3.05) is 19.0 Å². The maximum atomic E-state index is 6.26. The van der Waals surface area contributed by atoms with E-state index >= 15 is 0 Å². The highest BCUT2D eigenvalue weighted by Crippen LogP contribution is 2.29. The maximum absolute atomic E-state index is 6.26. The van der Waals surface area contributed by atoms with E-state index in [1.54, 1.807) is 13.2 Å². The van der Waals surface area contributed by atoms with Crippen molar-refractivity contribution in [3.05, 3.63) is 63.6 Å². The summed E-state index contributed by atoms with van der Waals surface area (Å²) in [6.45, 7) is 2.77. The molecular formula is C17H19Cl2NO. The Morgan fingerprint density at radius 1 is 1.14 bits per heavy atom. The Labute approximate surface area is 136 Å². The summed E-state index contributed by atoms with van der Waals surface area (Å²) in [4.78, 5) is 0. The molecule has 4 heteroatoms. The van der Waals surface area contributed by atoms with Crippen LogP contribution in [0.5, 0.6) is 0 Å². The van der Waals surface area contributed by atoms with E-state index in [-0.39, 0.29) is 6.04 Å². The van der Waals surface area contributed by atoms with Crippen molar-refractivity contribution >= 4 is 28.9 Å². The molecule has 0 bridgehead atoms. The van der Waals surface area contributed by atoms with E-state index in [1.807, 2.05) is 24.3 Å². The maximum Gasteiger partial charge on any atom is 0.0503 e. The highest BCUT2D eigenvalue weighted by molar-refractivity contribution is 6.33. The number of methoxy groups -OCH3 is 1. The van der Waals surface area contributed by atoms with Crippen LogP contribution in [0.3, 0.4) is 0 Å². The number of para-hydroxylation sites is 1. The Morgan fingerprint density at radius 3 is 2.67 bits per heavy atom. The van der Waals surface area contributed by atoms with Gasteiger partial charge in [-0.2, -0.15) is 0 Å². The minimum Gasteiger partial charge on any atom is -0.384 e. The van der Waals surface area contributed by atoms with Crippen molar-refractivity contribution in [2.24, 2.45) is 0 Å². The van der Waals surface area contributed by atoms with E-state index < -0.39 is 0 Å². The normalized spacial score (nSPS) is 12.2. The Balaban J connectivity index is 2.19. The number of halogens is 2. The molecule has 2 aromatic rings. The molecule has 0 saturated heterocycles. The van der Waals surface area contributed by atoms with Crippen LogP contribution in [0.1, 0.15) is 24.1 Å². The van der Waals surface area contributed by atoms with Crippen molar-refractivity contribution in [3.63, 3.8) is 0 Å². The fourth-order valence-corrected chi connectivity index (χ4v) is 2.71. The Morgan fingerprint density at radius 2 is 1.90 bits per heavy atom. The third-order valence-electron chi connectivity index (χ3n) is 3.39. The average molecular weight is 324 g/mol. The summed E-state index contributed by atoms with van der Waals surface area (Å²) < 4.78 is 5.16. The number of ether oxygens (including phenoxy) is 1. The van der Waals surface area contributed by atoms with E-state index in [0.717, 1.165) is 17.7 Å². The fourth-order valence-electron chi connectivity index (χ4n) is 2.25. The highest BCUT2D eigenvalue weighted by Gasteiger charge is 2.12. The second kappa shape index (κ2) is 7.69. The molecule has 0 aliphatic carbocycles. The molecule has 0 aromatic heterocycles. The molecular weight excluding hydrogens is 305 g/mol. The quantitative estimate of drug-likeness (QED) is 0.773. The summed E-state index contributed by atoms with van der Waals surface area (Å²) in [6.07, 6.45) is 0.871. The van der Waals surface area contributed by atoms with Crippen molar-refractivity contribution in [2.45, 2.75) is 19.4 Å². The zero-order chi connectivity index (χ0) is 15.2. The highest BCUT2D eigenvalue weighted by atomic mass is 35.5. The first-order valence-corrected chi connectivity index (χ1v) is 7.65. The lowest BCUT2D eigenvalue weighted by molar-refractivity contribution is 0.202. The first-order valence-electron chi connectivity index (χ1n) is 6.90. The lowest BCUT2D eigenvalue weighted by Crippen LogP contribution is -2.10. The van der Waals surface area contributed by atoms with Crippen LogP contribution < -0.4 is 5.32 Å². The lowest BCUT2D eigenvalue weighted by Gasteiger charge is -2.19. The largest absolute Gasteiger partial charge is 0.384 e. The van der Waals surface area contributed by atoms with Crippen LogP contribution >= 0.6 is 23.2 Å². The topological polar surface area (TPSA) is 21.3 Å². The van der Waals surface area contributed by atoms with Crippen molar-refractivity contribution < 1.29 is 4.74 Å². The Bertz CT molecular complexity index is 601. The minimum atomic E-state index is 0.0693. The van der Waals surface area contributed by atoms with Gasteiger partial charge in [-0.1, -0.05) is 41.4 Å². The van der Waals surface area contributed by atoms with Crippen LogP contribution in [0.15, 0.2) is 42.5 Å². The first kappa shape index (κ1) is 16.2. The molecule has 0 aliphatic heterocycles.